The molecule has 0 fully saturated rings. The van der Waals surface area contributed by atoms with Gasteiger partial charge < -0.3 is 15.9 Å². The van der Waals surface area contributed by atoms with Crippen molar-refractivity contribution in [2.75, 3.05) is 0 Å². The number of rotatable bonds is 4. The first-order valence-electron chi connectivity index (χ1n) is 3.98. The first-order valence-corrected chi connectivity index (χ1v) is 3.98. The van der Waals surface area contributed by atoms with Crippen molar-refractivity contribution in [1.82, 2.24) is 0 Å². The Morgan fingerprint density at radius 2 is 1.14 bits per heavy atom. The molecule has 0 saturated heterocycles. The molecule has 0 aliphatic rings. The van der Waals surface area contributed by atoms with E-state index in [0.717, 1.165) is 12.8 Å². The Morgan fingerprint density at radius 1 is 0.929 bits per heavy atom. The van der Waals surface area contributed by atoms with Crippen LogP contribution in [-0.2, 0) is 9.59 Å². The summed E-state index contributed by atoms with van der Waals surface area (Å²) in [6.45, 7) is 3.68. The Kier molecular flexibility index (Phi) is 35.1. The Balaban J connectivity index is -0.0000000139. The molecule has 0 heterocycles. The topological polar surface area (TPSA) is 74.6 Å². The molecule has 0 atom stereocenters. The van der Waals surface area contributed by atoms with Gasteiger partial charge in [-0.25, -0.2) is 0 Å². The fourth-order valence-electron chi connectivity index (χ4n) is 0.428. The molecule has 0 aliphatic heterocycles. The molecule has 0 aliphatic carbocycles. The zero-order valence-corrected chi connectivity index (χ0v) is 13.4. The van der Waals surface area contributed by atoms with Gasteiger partial charge in [-0.2, -0.15) is 0 Å². The van der Waals surface area contributed by atoms with Gasteiger partial charge in [-0.15, -0.1) is 0 Å². The minimum absolute atomic E-state index is 0. The summed E-state index contributed by atoms with van der Waals surface area (Å²) in [5.74, 6) is -1.42. The van der Waals surface area contributed by atoms with Crippen molar-refractivity contribution in [2.24, 2.45) is 0 Å². The molecule has 80 valence electrons. The summed E-state index contributed by atoms with van der Waals surface area (Å²) < 4.78 is 0. The maximum atomic E-state index is 9.60. The average molecular weight is 260 g/mol. The van der Waals surface area contributed by atoms with Crippen molar-refractivity contribution in [3.05, 3.63) is 0 Å². The summed E-state index contributed by atoms with van der Waals surface area (Å²) in [4.78, 5) is 19.2. The van der Waals surface area contributed by atoms with Crippen molar-refractivity contribution >= 4 is 87.4 Å². The van der Waals surface area contributed by atoms with Crippen LogP contribution in [0.1, 0.15) is 45.2 Å². The van der Waals surface area contributed by atoms with E-state index in [0.29, 0.717) is 12.8 Å². The van der Waals surface area contributed by atoms with Crippen molar-refractivity contribution < 1.29 is 25.5 Å². The summed E-state index contributed by atoms with van der Waals surface area (Å²) in [5, 5.41) is 15.8. The van der Waals surface area contributed by atoms with Crippen LogP contribution in [0.3, 0.4) is 0 Å². The van der Waals surface area contributed by atoms with E-state index in [4.69, 9.17) is 10.2 Å². The zero-order valence-electron chi connectivity index (χ0n) is 13.0. The maximum absolute atomic E-state index is 9.60. The van der Waals surface area contributed by atoms with Gasteiger partial charge in [0.2, 0.25) is 0 Å². The molecule has 0 saturated carbocycles. The minimum Gasteiger partial charge on any atom is -1.00 e. The normalized spacial score (nSPS) is 7.00. The minimum atomic E-state index is -0.711. The number of carbonyl (C=O) groups is 2. The van der Waals surface area contributed by atoms with Gasteiger partial charge in [0, 0.05) is 12.8 Å². The molecular weight excluding hydrogens is 240 g/mol. The molecule has 0 aromatic rings. The predicted octanol–water partition coefficient (Wildman–Crippen LogP) is 1.43. The van der Waals surface area contributed by atoms with Crippen LogP contribution in [0.2, 0.25) is 0 Å². The Morgan fingerprint density at radius 3 is 1.14 bits per heavy atom. The number of carboxylic acid groups (broad SMARTS) is 2. The van der Waals surface area contributed by atoms with E-state index >= 15 is 0 Å². The van der Waals surface area contributed by atoms with Gasteiger partial charge in [-0.1, -0.05) is 13.8 Å². The molecule has 0 spiro atoms. The van der Waals surface area contributed by atoms with Crippen molar-refractivity contribution in [1.29, 1.82) is 0 Å². The van der Waals surface area contributed by atoms with Crippen LogP contribution in [0.4, 0.5) is 0 Å². The molecule has 0 bridgehead atoms. The molecule has 0 rings (SSSR count). The molecule has 2 N–H and O–H groups in total. The van der Waals surface area contributed by atoms with E-state index in [1.54, 1.807) is 0 Å². The van der Waals surface area contributed by atoms with Crippen molar-refractivity contribution in [2.45, 2.75) is 39.5 Å². The monoisotopic (exact) mass is 260 g/mol. The Bertz CT molecular complexity index is 137. The van der Waals surface area contributed by atoms with Crippen LogP contribution in [0, 0.1) is 0 Å². The van der Waals surface area contributed by atoms with Crippen LogP contribution in [0.15, 0.2) is 0 Å². The van der Waals surface area contributed by atoms with Gasteiger partial charge in [0.1, 0.15) is 0 Å². The smallest absolute Gasteiger partial charge is 1.00 e. The third-order valence-electron chi connectivity index (χ3n) is 0.928. The molecule has 0 unspecified atom stereocenters. The molecule has 0 aromatic heterocycles. The standard InChI is InChI=1S/2C4H8O2.2Ca.4H/c2*1-2-3-4(5)6;;;;;;/h2*2-3H2,1H3,(H,5,6);;;;;;/q;;2*+2;4*-1. The van der Waals surface area contributed by atoms with E-state index in [1.165, 1.54) is 0 Å². The quantitative estimate of drug-likeness (QED) is 0.750. The third-order valence-corrected chi connectivity index (χ3v) is 0.928. The predicted molar refractivity (Wildman–Crippen MR) is 61.0 cm³/mol. The van der Waals surface area contributed by atoms with Gasteiger partial charge in [-0.05, 0) is 12.8 Å². The van der Waals surface area contributed by atoms with E-state index in [1.807, 2.05) is 13.8 Å². The molecule has 0 radical (unpaired) electrons. The average Bonchev–Trinajstić information content (AvgIpc) is 1.87. The van der Waals surface area contributed by atoms with Crippen molar-refractivity contribution in [3.8, 4) is 0 Å². The van der Waals surface area contributed by atoms with Crippen LogP contribution in [0.25, 0.3) is 0 Å². The number of hydrogen-bond acceptors (Lipinski definition) is 2. The summed E-state index contributed by atoms with van der Waals surface area (Å²) in [6.07, 6.45) is 2.05. The summed E-state index contributed by atoms with van der Waals surface area (Å²) in [7, 11) is 0. The van der Waals surface area contributed by atoms with E-state index in [2.05, 4.69) is 0 Å². The fourth-order valence-corrected chi connectivity index (χ4v) is 0.428. The van der Waals surface area contributed by atoms with E-state index in [-0.39, 0.29) is 81.2 Å². The Hall–Kier alpha value is 1.46. The van der Waals surface area contributed by atoms with Crippen LogP contribution < -0.4 is 0 Å². The molecule has 0 amide bonds. The maximum Gasteiger partial charge on any atom is 2.00 e. The largest absolute Gasteiger partial charge is 2.00 e. The Labute approximate surface area is 150 Å². The van der Waals surface area contributed by atoms with Crippen LogP contribution >= 0.6 is 0 Å². The second kappa shape index (κ2) is 19.9. The van der Waals surface area contributed by atoms with E-state index in [9.17, 15) is 9.59 Å². The molecule has 4 nitrogen and oxygen atoms in total. The summed E-state index contributed by atoms with van der Waals surface area (Å²) in [5.41, 5.74) is 0. The van der Waals surface area contributed by atoms with Gasteiger partial charge in [-0.3, -0.25) is 9.59 Å². The molecular formula is C8H20Ca2O4. The first-order chi connectivity index (χ1) is 5.54. The number of aliphatic carboxylic acids is 2. The molecule has 0 aromatic carbocycles. The zero-order chi connectivity index (χ0) is 9.98. The second-order valence-electron chi connectivity index (χ2n) is 2.29. The van der Waals surface area contributed by atoms with Gasteiger partial charge >= 0.3 is 87.4 Å². The van der Waals surface area contributed by atoms with Gasteiger partial charge in [0.05, 0.1) is 0 Å². The van der Waals surface area contributed by atoms with Crippen LogP contribution in [0.5, 0.6) is 0 Å². The molecule has 6 heteroatoms. The van der Waals surface area contributed by atoms with E-state index < -0.39 is 11.9 Å². The fraction of sp³-hybridized carbons (Fsp3) is 0.750. The first kappa shape index (κ1) is 24.6. The number of carboxylic acids is 2. The van der Waals surface area contributed by atoms with Gasteiger partial charge in [0.15, 0.2) is 0 Å². The third kappa shape index (κ3) is 37.6. The summed E-state index contributed by atoms with van der Waals surface area (Å²) in [6, 6.07) is 0. The second-order valence-corrected chi connectivity index (χ2v) is 2.29. The number of hydrogen-bond donors (Lipinski definition) is 2. The van der Waals surface area contributed by atoms with Crippen molar-refractivity contribution in [3.63, 3.8) is 0 Å². The summed E-state index contributed by atoms with van der Waals surface area (Å²) >= 11 is 0. The van der Waals surface area contributed by atoms with Crippen LogP contribution in [-0.4, -0.2) is 97.6 Å². The SMILES string of the molecule is CCCC(=O)O.CCCC(=O)O.[Ca+2].[Ca+2].[H-].[H-].[H-].[H-]. The molecule has 14 heavy (non-hydrogen) atoms. The van der Waals surface area contributed by atoms with Gasteiger partial charge in [0.25, 0.3) is 0 Å².